The number of benzene rings is 2. The van der Waals surface area contributed by atoms with E-state index in [4.69, 9.17) is 4.74 Å². The summed E-state index contributed by atoms with van der Waals surface area (Å²) in [5.74, 6) is 0.995. The fraction of sp³-hybridized carbons (Fsp3) is 0.263. The molecule has 0 aromatic heterocycles. The summed E-state index contributed by atoms with van der Waals surface area (Å²) in [6, 6.07) is 18.9. The predicted octanol–water partition coefficient (Wildman–Crippen LogP) is 4.04. The van der Waals surface area contributed by atoms with Crippen LogP contribution in [0.3, 0.4) is 0 Å². The third kappa shape index (κ3) is 2.36. The Kier molecular flexibility index (Phi) is 3.24. The Bertz CT molecular complexity index is 656. The molecule has 0 saturated carbocycles. The van der Waals surface area contributed by atoms with Crippen LogP contribution in [0.1, 0.15) is 24.0 Å². The van der Waals surface area contributed by atoms with Gasteiger partial charge in [-0.25, -0.2) is 0 Å². The first-order valence-electron chi connectivity index (χ1n) is 7.68. The van der Waals surface area contributed by atoms with Gasteiger partial charge in [0.1, 0.15) is 5.75 Å². The van der Waals surface area contributed by atoms with Crippen molar-refractivity contribution >= 4 is 11.6 Å². The summed E-state index contributed by atoms with van der Waals surface area (Å²) in [5.41, 5.74) is 3.70. The third-order valence-electron chi connectivity index (χ3n) is 4.31. The second-order valence-electron chi connectivity index (χ2n) is 5.72. The van der Waals surface area contributed by atoms with Crippen molar-refractivity contribution in [2.24, 2.45) is 0 Å². The Labute approximate surface area is 125 Å². The molecule has 2 heteroatoms. The minimum Gasteiger partial charge on any atom is -0.470 e. The van der Waals surface area contributed by atoms with Gasteiger partial charge in [0, 0.05) is 24.2 Å². The van der Waals surface area contributed by atoms with Crippen molar-refractivity contribution in [1.82, 2.24) is 4.90 Å². The molecule has 2 aliphatic heterocycles. The van der Waals surface area contributed by atoms with Crippen molar-refractivity contribution in [3.8, 4) is 5.75 Å². The highest BCUT2D eigenvalue weighted by Gasteiger charge is 2.30. The van der Waals surface area contributed by atoms with E-state index in [1.165, 1.54) is 29.5 Å². The molecule has 0 N–H and O–H groups in total. The van der Waals surface area contributed by atoms with Crippen LogP contribution in [-0.4, -0.2) is 24.2 Å². The van der Waals surface area contributed by atoms with E-state index >= 15 is 0 Å². The molecular weight excluding hydrogens is 258 g/mol. The quantitative estimate of drug-likeness (QED) is 0.821. The van der Waals surface area contributed by atoms with Gasteiger partial charge in [-0.1, -0.05) is 48.5 Å². The zero-order valence-corrected chi connectivity index (χ0v) is 12.0. The van der Waals surface area contributed by atoms with Gasteiger partial charge in [0.25, 0.3) is 0 Å². The molecule has 106 valence electrons. The summed E-state index contributed by atoms with van der Waals surface area (Å²) in [4.78, 5) is 2.45. The van der Waals surface area contributed by atoms with Gasteiger partial charge in [-0.15, -0.1) is 0 Å². The van der Waals surface area contributed by atoms with Crippen LogP contribution in [0.15, 0.2) is 54.6 Å². The van der Waals surface area contributed by atoms with E-state index in [2.05, 4.69) is 59.5 Å². The Morgan fingerprint density at radius 2 is 1.57 bits per heavy atom. The molecule has 2 heterocycles. The van der Waals surface area contributed by atoms with Crippen LogP contribution in [0, 0.1) is 0 Å². The van der Waals surface area contributed by atoms with Crippen molar-refractivity contribution < 1.29 is 4.74 Å². The molecule has 2 aromatic carbocycles. The smallest absolute Gasteiger partial charge is 0.179 e. The number of nitrogens with zero attached hydrogens (tertiary/aromatic N) is 1. The molecule has 1 atom stereocenters. The van der Waals surface area contributed by atoms with Crippen LogP contribution >= 0.6 is 0 Å². The number of ether oxygens (including phenoxy) is 1. The minimum atomic E-state index is 0.0461. The Morgan fingerprint density at radius 3 is 2.38 bits per heavy atom. The average molecular weight is 277 g/mol. The highest BCUT2D eigenvalue weighted by atomic mass is 16.5. The van der Waals surface area contributed by atoms with Crippen LogP contribution < -0.4 is 4.74 Å². The summed E-state index contributed by atoms with van der Waals surface area (Å²) >= 11 is 0. The first-order valence-corrected chi connectivity index (χ1v) is 7.68. The molecule has 1 saturated heterocycles. The van der Waals surface area contributed by atoms with E-state index < -0.39 is 0 Å². The highest BCUT2D eigenvalue weighted by molar-refractivity contribution is 5.87. The lowest BCUT2D eigenvalue weighted by molar-refractivity contribution is 0.0899. The van der Waals surface area contributed by atoms with Gasteiger partial charge < -0.3 is 4.74 Å². The Balaban J connectivity index is 1.79. The maximum absolute atomic E-state index is 6.34. The van der Waals surface area contributed by atoms with Crippen molar-refractivity contribution in [3.63, 3.8) is 0 Å². The SMILES string of the molecule is C1=C(c2ccccc2)C(N2CCCC2)Oc2ccccc21. The topological polar surface area (TPSA) is 12.5 Å². The fourth-order valence-electron chi connectivity index (χ4n) is 3.23. The molecule has 0 spiro atoms. The van der Waals surface area contributed by atoms with Crippen molar-refractivity contribution in [1.29, 1.82) is 0 Å². The summed E-state index contributed by atoms with van der Waals surface area (Å²) < 4.78 is 6.34. The maximum Gasteiger partial charge on any atom is 0.179 e. The number of rotatable bonds is 2. The lowest BCUT2D eigenvalue weighted by Gasteiger charge is -2.33. The van der Waals surface area contributed by atoms with Crippen LogP contribution in [0.25, 0.3) is 11.6 Å². The lowest BCUT2D eigenvalue weighted by atomic mass is 9.98. The van der Waals surface area contributed by atoms with Crippen molar-refractivity contribution in [2.75, 3.05) is 13.1 Å². The van der Waals surface area contributed by atoms with Crippen molar-refractivity contribution in [2.45, 2.75) is 19.1 Å². The number of para-hydroxylation sites is 1. The van der Waals surface area contributed by atoms with E-state index in [9.17, 15) is 0 Å². The van der Waals surface area contributed by atoms with Gasteiger partial charge in [0.15, 0.2) is 6.23 Å². The number of hydrogen-bond donors (Lipinski definition) is 0. The second-order valence-corrected chi connectivity index (χ2v) is 5.72. The normalized spacial score (nSPS) is 21.5. The molecule has 0 amide bonds. The summed E-state index contributed by atoms with van der Waals surface area (Å²) in [5, 5.41) is 0. The Morgan fingerprint density at radius 1 is 0.857 bits per heavy atom. The fourth-order valence-corrected chi connectivity index (χ4v) is 3.23. The molecule has 2 aromatic rings. The highest BCUT2D eigenvalue weighted by Crippen LogP contribution is 2.36. The zero-order valence-electron chi connectivity index (χ0n) is 12.0. The average Bonchev–Trinajstić information content (AvgIpc) is 3.09. The largest absolute Gasteiger partial charge is 0.470 e. The molecule has 0 bridgehead atoms. The zero-order chi connectivity index (χ0) is 14.1. The molecule has 0 aliphatic carbocycles. The van der Waals surface area contributed by atoms with Gasteiger partial charge in [0.05, 0.1) is 0 Å². The van der Waals surface area contributed by atoms with Crippen molar-refractivity contribution in [3.05, 3.63) is 65.7 Å². The van der Waals surface area contributed by atoms with Gasteiger partial charge >= 0.3 is 0 Å². The van der Waals surface area contributed by atoms with Crippen LogP contribution in [0.5, 0.6) is 5.75 Å². The molecule has 21 heavy (non-hydrogen) atoms. The standard InChI is InChI=1S/C19H19NO/c1-2-8-15(9-3-1)17-14-16-10-4-5-11-18(16)21-19(17)20-12-6-7-13-20/h1-5,8-11,14,19H,6-7,12-13H2. The minimum absolute atomic E-state index is 0.0461. The van der Waals surface area contributed by atoms with Gasteiger partial charge in [-0.2, -0.15) is 0 Å². The number of likely N-dealkylation sites (tertiary alicyclic amines) is 1. The monoisotopic (exact) mass is 277 g/mol. The van der Waals surface area contributed by atoms with Crippen LogP contribution in [-0.2, 0) is 0 Å². The molecule has 1 fully saturated rings. The predicted molar refractivity (Wildman–Crippen MR) is 86.0 cm³/mol. The molecule has 4 rings (SSSR count). The van der Waals surface area contributed by atoms with E-state index in [0.717, 1.165) is 18.8 Å². The van der Waals surface area contributed by atoms with E-state index in [0.29, 0.717) is 0 Å². The molecular formula is C19H19NO. The van der Waals surface area contributed by atoms with Crippen LogP contribution in [0.2, 0.25) is 0 Å². The van der Waals surface area contributed by atoms with Gasteiger partial charge in [-0.3, -0.25) is 4.90 Å². The summed E-state index contributed by atoms with van der Waals surface area (Å²) in [6.07, 6.45) is 4.87. The van der Waals surface area contributed by atoms with E-state index in [-0.39, 0.29) is 6.23 Å². The van der Waals surface area contributed by atoms with Crippen LogP contribution in [0.4, 0.5) is 0 Å². The van der Waals surface area contributed by atoms with E-state index in [1.807, 2.05) is 6.07 Å². The maximum atomic E-state index is 6.34. The summed E-state index contributed by atoms with van der Waals surface area (Å²) in [6.45, 7) is 2.24. The number of hydrogen-bond acceptors (Lipinski definition) is 2. The third-order valence-corrected chi connectivity index (χ3v) is 4.31. The molecule has 2 aliphatic rings. The first kappa shape index (κ1) is 12.7. The second kappa shape index (κ2) is 5.38. The molecule has 1 unspecified atom stereocenters. The van der Waals surface area contributed by atoms with Gasteiger partial charge in [-0.05, 0) is 30.5 Å². The molecule has 2 nitrogen and oxygen atoms in total. The first-order chi connectivity index (χ1) is 10.4. The Hall–Kier alpha value is -2.06. The molecule has 0 radical (unpaired) electrons. The van der Waals surface area contributed by atoms with E-state index in [1.54, 1.807) is 0 Å². The van der Waals surface area contributed by atoms with Gasteiger partial charge in [0.2, 0.25) is 0 Å². The lowest BCUT2D eigenvalue weighted by Crippen LogP contribution is -2.39. The number of fused-ring (bicyclic) bond motifs is 1. The summed E-state index contributed by atoms with van der Waals surface area (Å²) in [7, 11) is 0.